The molecule has 2 aromatic carbocycles. The molecular weight excluding hydrogens is 292 g/mol. The Hall–Kier alpha value is -2.82. The number of hydrogen-bond acceptors (Lipinski definition) is 3. The van der Waals surface area contributed by atoms with Gasteiger partial charge in [-0.2, -0.15) is 0 Å². The second kappa shape index (κ2) is 7.98. The molecule has 5 heteroatoms. The molecule has 0 aliphatic rings. The number of anilines is 1. The molecule has 120 valence electrons. The third-order valence-electron chi connectivity index (χ3n) is 3.27. The van der Waals surface area contributed by atoms with E-state index in [0.29, 0.717) is 11.4 Å². The molecule has 23 heavy (non-hydrogen) atoms. The van der Waals surface area contributed by atoms with Crippen LogP contribution in [0.2, 0.25) is 0 Å². The number of nitrogens with one attached hydrogen (secondary N) is 2. The summed E-state index contributed by atoms with van der Waals surface area (Å²) in [6.07, 6.45) is 0.254. The Morgan fingerprint density at radius 1 is 1.04 bits per heavy atom. The average Bonchev–Trinajstić information content (AvgIpc) is 2.53. The third-order valence-corrected chi connectivity index (χ3v) is 3.27. The van der Waals surface area contributed by atoms with Crippen LogP contribution in [0, 0.1) is 6.92 Å². The highest BCUT2D eigenvalue weighted by molar-refractivity contribution is 5.95. The van der Waals surface area contributed by atoms with Gasteiger partial charge >= 0.3 is 0 Å². The van der Waals surface area contributed by atoms with Gasteiger partial charge in [-0.15, -0.1) is 0 Å². The molecule has 0 spiro atoms. The topological polar surface area (TPSA) is 67.4 Å². The number of aryl methyl sites for hydroxylation is 1. The normalized spacial score (nSPS) is 10.0. The number of carbonyl (C=O) groups is 2. The highest BCUT2D eigenvalue weighted by Crippen LogP contribution is 2.22. The summed E-state index contributed by atoms with van der Waals surface area (Å²) in [4.78, 5) is 23.8. The lowest BCUT2D eigenvalue weighted by Crippen LogP contribution is -2.33. The summed E-state index contributed by atoms with van der Waals surface area (Å²) >= 11 is 0. The second-order valence-corrected chi connectivity index (χ2v) is 5.19. The molecule has 0 aromatic heterocycles. The zero-order valence-electron chi connectivity index (χ0n) is 13.3. The Bertz CT molecular complexity index is 698. The first kappa shape index (κ1) is 16.5. The van der Waals surface area contributed by atoms with Gasteiger partial charge in [-0.1, -0.05) is 42.0 Å². The van der Waals surface area contributed by atoms with Gasteiger partial charge in [0.15, 0.2) is 0 Å². The van der Waals surface area contributed by atoms with Crippen molar-refractivity contribution in [1.82, 2.24) is 5.32 Å². The van der Waals surface area contributed by atoms with Gasteiger partial charge in [-0.25, -0.2) is 0 Å². The van der Waals surface area contributed by atoms with Gasteiger partial charge in [-0.3, -0.25) is 9.59 Å². The van der Waals surface area contributed by atoms with E-state index in [1.54, 1.807) is 18.2 Å². The molecule has 0 aliphatic heterocycles. The van der Waals surface area contributed by atoms with Crippen molar-refractivity contribution < 1.29 is 14.3 Å². The van der Waals surface area contributed by atoms with Crippen LogP contribution >= 0.6 is 0 Å². The smallest absolute Gasteiger partial charge is 0.243 e. The number of rotatable bonds is 6. The van der Waals surface area contributed by atoms with E-state index >= 15 is 0 Å². The predicted octanol–water partition coefficient (Wildman–Crippen LogP) is 2.30. The summed E-state index contributed by atoms with van der Waals surface area (Å²) in [6.45, 7) is 1.89. The van der Waals surface area contributed by atoms with Gasteiger partial charge in [0.25, 0.3) is 0 Å². The monoisotopic (exact) mass is 312 g/mol. The van der Waals surface area contributed by atoms with Crippen LogP contribution in [0.4, 0.5) is 5.69 Å². The first-order chi connectivity index (χ1) is 11.1. The van der Waals surface area contributed by atoms with E-state index < -0.39 is 0 Å². The molecule has 0 unspecified atom stereocenters. The highest BCUT2D eigenvalue weighted by Gasteiger charge is 2.09. The van der Waals surface area contributed by atoms with E-state index in [1.165, 1.54) is 7.11 Å². The lowest BCUT2D eigenvalue weighted by atomic mass is 10.1. The van der Waals surface area contributed by atoms with Gasteiger partial charge in [0.2, 0.25) is 11.8 Å². The van der Waals surface area contributed by atoms with Crippen LogP contribution in [0.1, 0.15) is 11.1 Å². The van der Waals surface area contributed by atoms with Crippen LogP contribution in [0.5, 0.6) is 5.75 Å². The van der Waals surface area contributed by atoms with Crippen molar-refractivity contribution in [2.45, 2.75) is 13.3 Å². The predicted molar refractivity (Wildman–Crippen MR) is 89.5 cm³/mol. The SMILES string of the molecule is COc1ccccc1NC(=O)CNC(=O)Cc1cccc(C)c1. The minimum absolute atomic E-state index is 0.0807. The zero-order valence-corrected chi connectivity index (χ0v) is 13.3. The average molecular weight is 312 g/mol. The zero-order chi connectivity index (χ0) is 16.7. The van der Waals surface area contributed by atoms with Gasteiger partial charge in [0, 0.05) is 0 Å². The summed E-state index contributed by atoms with van der Waals surface area (Å²) < 4.78 is 5.16. The summed E-state index contributed by atoms with van der Waals surface area (Å²) in [6, 6.07) is 14.8. The number of para-hydroxylation sites is 2. The third kappa shape index (κ3) is 5.14. The quantitative estimate of drug-likeness (QED) is 0.860. The molecule has 0 bridgehead atoms. The summed E-state index contributed by atoms with van der Waals surface area (Å²) in [5.74, 6) is 0.0878. The van der Waals surface area contributed by atoms with Crippen LogP contribution in [0.25, 0.3) is 0 Å². The minimum Gasteiger partial charge on any atom is -0.495 e. The summed E-state index contributed by atoms with van der Waals surface area (Å²) in [5, 5.41) is 5.33. The number of benzene rings is 2. The Balaban J connectivity index is 1.83. The van der Waals surface area contributed by atoms with Crippen molar-refractivity contribution in [3.63, 3.8) is 0 Å². The van der Waals surface area contributed by atoms with Crippen LogP contribution in [-0.4, -0.2) is 25.5 Å². The van der Waals surface area contributed by atoms with Crippen LogP contribution in [0.15, 0.2) is 48.5 Å². The fourth-order valence-electron chi connectivity index (χ4n) is 2.19. The Labute approximate surface area is 135 Å². The Kier molecular flexibility index (Phi) is 5.74. The maximum atomic E-state index is 11.9. The molecule has 0 saturated heterocycles. The molecule has 0 atom stereocenters. The largest absolute Gasteiger partial charge is 0.495 e. The van der Waals surface area contributed by atoms with Crippen molar-refractivity contribution in [3.8, 4) is 5.75 Å². The van der Waals surface area contributed by atoms with E-state index in [1.807, 2.05) is 37.3 Å². The number of carbonyl (C=O) groups excluding carboxylic acids is 2. The fraction of sp³-hybridized carbons (Fsp3) is 0.222. The highest BCUT2D eigenvalue weighted by atomic mass is 16.5. The van der Waals surface area contributed by atoms with Crippen LogP contribution in [0.3, 0.4) is 0 Å². The van der Waals surface area contributed by atoms with Crippen molar-refractivity contribution in [3.05, 3.63) is 59.7 Å². The number of ether oxygens (including phenoxy) is 1. The minimum atomic E-state index is -0.299. The van der Waals surface area contributed by atoms with E-state index in [2.05, 4.69) is 10.6 Å². The van der Waals surface area contributed by atoms with Crippen LogP contribution < -0.4 is 15.4 Å². The van der Waals surface area contributed by atoms with E-state index in [0.717, 1.165) is 11.1 Å². The van der Waals surface area contributed by atoms with E-state index in [4.69, 9.17) is 4.74 Å². The molecular formula is C18H20N2O3. The van der Waals surface area contributed by atoms with Crippen molar-refractivity contribution in [1.29, 1.82) is 0 Å². The van der Waals surface area contributed by atoms with Gasteiger partial charge < -0.3 is 15.4 Å². The maximum Gasteiger partial charge on any atom is 0.243 e. The summed E-state index contributed by atoms with van der Waals surface area (Å²) in [5.41, 5.74) is 2.60. The first-order valence-electron chi connectivity index (χ1n) is 7.33. The van der Waals surface area contributed by atoms with Crippen molar-refractivity contribution >= 4 is 17.5 Å². The van der Waals surface area contributed by atoms with Crippen molar-refractivity contribution in [2.75, 3.05) is 19.0 Å². The Morgan fingerprint density at radius 2 is 1.83 bits per heavy atom. The van der Waals surface area contributed by atoms with Crippen LogP contribution in [-0.2, 0) is 16.0 Å². The van der Waals surface area contributed by atoms with Gasteiger partial charge in [-0.05, 0) is 24.6 Å². The van der Waals surface area contributed by atoms with E-state index in [-0.39, 0.29) is 24.8 Å². The van der Waals surface area contributed by atoms with Gasteiger partial charge in [0.05, 0.1) is 25.8 Å². The molecule has 0 heterocycles. The second-order valence-electron chi connectivity index (χ2n) is 5.19. The van der Waals surface area contributed by atoms with Gasteiger partial charge in [0.1, 0.15) is 5.75 Å². The first-order valence-corrected chi connectivity index (χ1v) is 7.33. The number of amides is 2. The number of hydrogen-bond donors (Lipinski definition) is 2. The lowest BCUT2D eigenvalue weighted by Gasteiger charge is -2.10. The molecule has 5 nitrogen and oxygen atoms in total. The molecule has 2 aromatic rings. The maximum absolute atomic E-state index is 11.9. The fourth-order valence-corrected chi connectivity index (χ4v) is 2.19. The summed E-state index contributed by atoms with van der Waals surface area (Å²) in [7, 11) is 1.54. The molecule has 0 radical (unpaired) electrons. The molecule has 0 fully saturated rings. The molecule has 0 aliphatic carbocycles. The number of methoxy groups -OCH3 is 1. The molecule has 2 rings (SSSR count). The van der Waals surface area contributed by atoms with E-state index in [9.17, 15) is 9.59 Å². The lowest BCUT2D eigenvalue weighted by molar-refractivity contribution is -0.123. The molecule has 2 N–H and O–H groups in total. The standard InChI is InChI=1S/C18H20N2O3/c1-13-6-5-7-14(10-13)11-17(21)19-12-18(22)20-15-8-3-4-9-16(15)23-2/h3-10H,11-12H2,1-2H3,(H,19,21)(H,20,22). The molecule has 2 amide bonds. The Morgan fingerprint density at radius 3 is 2.57 bits per heavy atom. The van der Waals surface area contributed by atoms with Crippen molar-refractivity contribution in [2.24, 2.45) is 0 Å². The molecule has 0 saturated carbocycles.